The number of amidine groups is 1. The summed E-state index contributed by atoms with van der Waals surface area (Å²) in [6, 6.07) is 1.56. The number of carbonyl (C=O) groups is 1. The van der Waals surface area contributed by atoms with Crippen LogP contribution in [0, 0.1) is 5.92 Å². The van der Waals surface area contributed by atoms with Crippen molar-refractivity contribution in [3.63, 3.8) is 0 Å². The van der Waals surface area contributed by atoms with Crippen molar-refractivity contribution in [3.05, 3.63) is 23.1 Å². The molecule has 7 heteroatoms. The van der Waals surface area contributed by atoms with Crippen LogP contribution in [0.3, 0.4) is 0 Å². The van der Waals surface area contributed by atoms with E-state index in [0.717, 1.165) is 0 Å². The van der Waals surface area contributed by atoms with Gasteiger partial charge in [-0.25, -0.2) is 0 Å². The number of hydrogen-bond acceptors (Lipinski definition) is 4. The SMILES string of the molecule is N/C(=N/O)C1CCN(C(=O)c2ccoc2Cl)CC1. The van der Waals surface area contributed by atoms with E-state index in [1.807, 2.05) is 0 Å². The number of furan rings is 1. The predicted molar refractivity (Wildman–Crippen MR) is 65.8 cm³/mol. The van der Waals surface area contributed by atoms with E-state index in [1.165, 1.54) is 6.26 Å². The van der Waals surface area contributed by atoms with Crippen molar-refractivity contribution >= 4 is 23.3 Å². The Morgan fingerprint density at radius 3 is 2.72 bits per heavy atom. The van der Waals surface area contributed by atoms with Crippen LogP contribution in [0.2, 0.25) is 5.22 Å². The van der Waals surface area contributed by atoms with Gasteiger partial charge in [-0.05, 0) is 30.5 Å². The minimum Gasteiger partial charge on any atom is -0.452 e. The van der Waals surface area contributed by atoms with Crippen LogP contribution < -0.4 is 5.73 Å². The lowest BCUT2D eigenvalue weighted by atomic mass is 9.95. The van der Waals surface area contributed by atoms with E-state index < -0.39 is 0 Å². The predicted octanol–water partition coefficient (Wildman–Crippen LogP) is 1.53. The molecule has 1 saturated heterocycles. The van der Waals surface area contributed by atoms with Gasteiger partial charge in [0.2, 0.25) is 5.22 Å². The molecule has 0 saturated carbocycles. The zero-order valence-corrected chi connectivity index (χ0v) is 10.4. The van der Waals surface area contributed by atoms with Crippen LogP contribution in [0.25, 0.3) is 0 Å². The van der Waals surface area contributed by atoms with Gasteiger partial charge < -0.3 is 20.3 Å². The van der Waals surface area contributed by atoms with E-state index in [4.69, 9.17) is 27.0 Å². The number of amides is 1. The molecule has 1 fully saturated rings. The molecule has 18 heavy (non-hydrogen) atoms. The zero-order chi connectivity index (χ0) is 13.1. The molecule has 2 heterocycles. The second kappa shape index (κ2) is 5.30. The third-order valence-corrected chi connectivity index (χ3v) is 3.46. The fourth-order valence-electron chi connectivity index (χ4n) is 2.08. The molecule has 0 spiro atoms. The highest BCUT2D eigenvalue weighted by Gasteiger charge is 2.27. The summed E-state index contributed by atoms with van der Waals surface area (Å²) in [7, 11) is 0. The number of nitrogens with two attached hydrogens (primary N) is 1. The van der Waals surface area contributed by atoms with Gasteiger partial charge in [-0.2, -0.15) is 0 Å². The van der Waals surface area contributed by atoms with E-state index in [2.05, 4.69) is 5.16 Å². The monoisotopic (exact) mass is 271 g/mol. The van der Waals surface area contributed by atoms with Gasteiger partial charge in [-0.15, -0.1) is 0 Å². The van der Waals surface area contributed by atoms with Crippen molar-refractivity contribution in [3.8, 4) is 0 Å². The minimum atomic E-state index is -0.147. The van der Waals surface area contributed by atoms with E-state index in [-0.39, 0.29) is 22.9 Å². The Bertz CT molecular complexity index is 464. The topological polar surface area (TPSA) is 92.1 Å². The first-order chi connectivity index (χ1) is 8.63. The molecule has 98 valence electrons. The summed E-state index contributed by atoms with van der Waals surface area (Å²) in [5, 5.41) is 11.7. The van der Waals surface area contributed by atoms with Crippen LogP contribution in [-0.4, -0.2) is 34.9 Å². The normalized spacial score (nSPS) is 18.1. The second-order valence-electron chi connectivity index (χ2n) is 4.20. The van der Waals surface area contributed by atoms with Gasteiger partial charge in [0.05, 0.1) is 11.8 Å². The van der Waals surface area contributed by atoms with Crippen LogP contribution in [0.5, 0.6) is 0 Å². The molecule has 1 aromatic heterocycles. The Hall–Kier alpha value is -1.69. The lowest BCUT2D eigenvalue weighted by Crippen LogP contribution is -2.41. The molecule has 0 unspecified atom stereocenters. The lowest BCUT2D eigenvalue weighted by Gasteiger charge is -2.31. The molecule has 2 rings (SSSR count). The summed E-state index contributed by atoms with van der Waals surface area (Å²) in [6.45, 7) is 1.11. The second-order valence-corrected chi connectivity index (χ2v) is 4.54. The summed E-state index contributed by atoms with van der Waals surface area (Å²) in [6.07, 6.45) is 2.74. The summed E-state index contributed by atoms with van der Waals surface area (Å²) < 4.78 is 4.90. The third-order valence-electron chi connectivity index (χ3n) is 3.16. The number of halogens is 1. The number of oxime groups is 1. The van der Waals surface area contributed by atoms with Crippen molar-refractivity contribution in [1.29, 1.82) is 0 Å². The minimum absolute atomic E-state index is 0.0267. The highest BCUT2D eigenvalue weighted by atomic mass is 35.5. The quantitative estimate of drug-likeness (QED) is 0.369. The molecule has 6 nitrogen and oxygen atoms in total. The molecule has 0 atom stereocenters. The summed E-state index contributed by atoms with van der Waals surface area (Å²) in [5.41, 5.74) is 5.92. The Morgan fingerprint density at radius 2 is 2.22 bits per heavy atom. The van der Waals surface area contributed by atoms with Crippen molar-refractivity contribution < 1.29 is 14.4 Å². The Morgan fingerprint density at radius 1 is 1.56 bits per heavy atom. The van der Waals surface area contributed by atoms with Crippen LogP contribution >= 0.6 is 11.6 Å². The molecule has 0 aliphatic carbocycles. The van der Waals surface area contributed by atoms with E-state index in [1.54, 1.807) is 11.0 Å². The van der Waals surface area contributed by atoms with Gasteiger partial charge in [0.25, 0.3) is 5.91 Å². The molecule has 0 bridgehead atoms. The van der Waals surface area contributed by atoms with Gasteiger partial charge in [-0.1, -0.05) is 5.16 Å². The maximum absolute atomic E-state index is 12.1. The number of nitrogens with zero attached hydrogens (tertiary/aromatic N) is 2. The highest BCUT2D eigenvalue weighted by molar-refractivity contribution is 6.32. The van der Waals surface area contributed by atoms with Gasteiger partial charge in [0, 0.05) is 19.0 Å². The first-order valence-corrected chi connectivity index (χ1v) is 6.01. The van der Waals surface area contributed by atoms with Gasteiger partial charge >= 0.3 is 0 Å². The molecular formula is C11H14ClN3O3. The standard InChI is InChI=1S/C11H14ClN3O3/c12-9-8(3-6-18-9)11(16)15-4-1-7(2-5-15)10(13)14-17/h3,6-7,17H,1-2,4-5H2,(H2,13,14). The maximum atomic E-state index is 12.1. The molecule has 1 aromatic rings. The maximum Gasteiger partial charge on any atom is 0.258 e. The molecular weight excluding hydrogens is 258 g/mol. The molecule has 1 aliphatic rings. The smallest absolute Gasteiger partial charge is 0.258 e. The van der Waals surface area contributed by atoms with Crippen LogP contribution in [0.1, 0.15) is 23.2 Å². The van der Waals surface area contributed by atoms with Crippen molar-refractivity contribution in [2.75, 3.05) is 13.1 Å². The number of rotatable bonds is 2. The summed E-state index contributed by atoms with van der Waals surface area (Å²) >= 11 is 5.77. The van der Waals surface area contributed by atoms with Gasteiger partial charge in [-0.3, -0.25) is 4.79 Å². The Balaban J connectivity index is 1.98. The highest BCUT2D eigenvalue weighted by Crippen LogP contribution is 2.23. The number of piperidine rings is 1. The largest absolute Gasteiger partial charge is 0.452 e. The van der Waals surface area contributed by atoms with E-state index in [0.29, 0.717) is 31.5 Å². The van der Waals surface area contributed by atoms with Crippen molar-refractivity contribution in [2.45, 2.75) is 12.8 Å². The Kier molecular flexibility index (Phi) is 3.76. The third kappa shape index (κ3) is 2.43. The molecule has 0 aromatic carbocycles. The molecule has 3 N–H and O–H groups in total. The van der Waals surface area contributed by atoms with Gasteiger partial charge in [0.1, 0.15) is 5.84 Å². The Labute approximate surface area is 109 Å². The summed E-state index contributed by atoms with van der Waals surface area (Å²) in [5.74, 6) is 0.106. The lowest BCUT2D eigenvalue weighted by molar-refractivity contribution is 0.0708. The molecule has 1 aliphatic heterocycles. The average Bonchev–Trinajstić information content (AvgIpc) is 2.83. The van der Waals surface area contributed by atoms with Crippen molar-refractivity contribution in [2.24, 2.45) is 16.8 Å². The first kappa shape index (κ1) is 12.8. The zero-order valence-electron chi connectivity index (χ0n) is 9.67. The first-order valence-electron chi connectivity index (χ1n) is 5.63. The van der Waals surface area contributed by atoms with E-state index >= 15 is 0 Å². The molecule has 1 amide bonds. The number of carbonyl (C=O) groups excluding carboxylic acids is 1. The average molecular weight is 272 g/mol. The number of likely N-dealkylation sites (tertiary alicyclic amines) is 1. The van der Waals surface area contributed by atoms with Gasteiger partial charge in [0.15, 0.2) is 0 Å². The van der Waals surface area contributed by atoms with Crippen LogP contribution in [0.4, 0.5) is 0 Å². The summed E-state index contributed by atoms with van der Waals surface area (Å²) in [4.78, 5) is 13.8. The van der Waals surface area contributed by atoms with Crippen LogP contribution in [0.15, 0.2) is 21.9 Å². The fraction of sp³-hybridized carbons (Fsp3) is 0.455. The fourth-order valence-corrected chi connectivity index (χ4v) is 2.27. The van der Waals surface area contributed by atoms with E-state index in [9.17, 15) is 4.79 Å². The van der Waals surface area contributed by atoms with Crippen molar-refractivity contribution in [1.82, 2.24) is 4.90 Å². The van der Waals surface area contributed by atoms with Crippen LogP contribution in [-0.2, 0) is 0 Å². The molecule has 0 radical (unpaired) electrons. The number of hydrogen-bond donors (Lipinski definition) is 2.